The van der Waals surface area contributed by atoms with E-state index in [1.54, 1.807) is 0 Å². The normalized spacial score (nSPS) is 16.6. The molecule has 1 unspecified atom stereocenters. The van der Waals surface area contributed by atoms with E-state index in [9.17, 15) is 0 Å². The number of likely N-dealkylation sites (tertiary alicyclic amines) is 1. The Balaban J connectivity index is 1.28. The Hall–Kier alpha value is -2.73. The number of imidazole rings is 1. The van der Waals surface area contributed by atoms with Crippen molar-refractivity contribution in [3.63, 3.8) is 0 Å². The molecule has 5 nitrogen and oxygen atoms in total. The van der Waals surface area contributed by atoms with Crippen LogP contribution in [0.1, 0.15) is 23.4 Å². The summed E-state index contributed by atoms with van der Waals surface area (Å²) >= 11 is 1.96. The van der Waals surface area contributed by atoms with E-state index in [0.717, 1.165) is 43.7 Å². The van der Waals surface area contributed by atoms with Crippen molar-refractivity contribution in [1.82, 2.24) is 19.8 Å². The third-order valence-corrected chi connectivity index (χ3v) is 6.99. The summed E-state index contributed by atoms with van der Waals surface area (Å²) in [6, 6.07) is 19.4. The van der Waals surface area contributed by atoms with Crippen LogP contribution in [0.15, 0.2) is 76.9 Å². The second-order valence-corrected chi connectivity index (χ2v) is 9.14. The third kappa shape index (κ3) is 5.91. The second kappa shape index (κ2) is 10.5. The molecular weight excluding hydrogens is 402 g/mol. The molecule has 0 radical (unpaired) electrons. The molecule has 1 aliphatic rings. The number of aromatic nitrogens is 2. The number of nitrogens with one attached hydrogen (secondary N) is 1. The van der Waals surface area contributed by atoms with Gasteiger partial charge in [-0.2, -0.15) is 0 Å². The van der Waals surface area contributed by atoms with Gasteiger partial charge in [0.1, 0.15) is 5.82 Å². The fourth-order valence-corrected chi connectivity index (χ4v) is 5.06. The number of nitrogens with zero attached hydrogens (tertiary/aromatic N) is 4. The van der Waals surface area contributed by atoms with Gasteiger partial charge in [0.05, 0.1) is 0 Å². The van der Waals surface area contributed by atoms with Crippen molar-refractivity contribution in [2.75, 3.05) is 25.9 Å². The zero-order valence-corrected chi connectivity index (χ0v) is 19.2. The molecule has 2 heterocycles. The summed E-state index contributed by atoms with van der Waals surface area (Å²) < 4.78 is 2.17. The molecule has 1 atom stereocenters. The average molecular weight is 434 g/mol. The summed E-state index contributed by atoms with van der Waals surface area (Å²) in [5.74, 6) is 3.90. The Morgan fingerprint density at radius 2 is 2.00 bits per heavy atom. The molecule has 31 heavy (non-hydrogen) atoms. The maximum absolute atomic E-state index is 4.54. The number of benzene rings is 2. The Bertz CT molecular complexity index is 998. The highest BCUT2D eigenvalue weighted by Crippen LogP contribution is 2.25. The van der Waals surface area contributed by atoms with Gasteiger partial charge >= 0.3 is 0 Å². The maximum atomic E-state index is 4.54. The van der Waals surface area contributed by atoms with Crippen molar-refractivity contribution in [2.45, 2.75) is 31.3 Å². The molecule has 0 amide bonds. The number of rotatable bonds is 7. The Morgan fingerprint density at radius 1 is 1.16 bits per heavy atom. The van der Waals surface area contributed by atoms with Crippen LogP contribution in [-0.2, 0) is 13.1 Å². The minimum Gasteiger partial charge on any atom is -0.352 e. The van der Waals surface area contributed by atoms with E-state index >= 15 is 0 Å². The molecule has 1 N–H and O–H groups in total. The van der Waals surface area contributed by atoms with Crippen molar-refractivity contribution >= 4 is 17.7 Å². The lowest BCUT2D eigenvalue weighted by molar-refractivity contribution is 0.474. The van der Waals surface area contributed by atoms with Gasteiger partial charge in [0.15, 0.2) is 5.96 Å². The third-order valence-electron chi connectivity index (χ3n) is 5.74. The van der Waals surface area contributed by atoms with Gasteiger partial charge in [0, 0.05) is 56.3 Å². The van der Waals surface area contributed by atoms with E-state index in [-0.39, 0.29) is 0 Å². The van der Waals surface area contributed by atoms with E-state index in [0.29, 0.717) is 5.92 Å². The fourth-order valence-electron chi connectivity index (χ4n) is 4.01. The first-order valence-corrected chi connectivity index (χ1v) is 11.9. The molecule has 3 aromatic rings. The molecule has 162 valence electrons. The van der Waals surface area contributed by atoms with Gasteiger partial charge < -0.3 is 14.8 Å². The average Bonchev–Trinajstić information content (AvgIpc) is 3.43. The molecule has 0 aliphatic carbocycles. The van der Waals surface area contributed by atoms with Gasteiger partial charge in [-0.15, -0.1) is 11.8 Å². The topological polar surface area (TPSA) is 45.5 Å². The van der Waals surface area contributed by atoms with E-state index in [1.165, 1.54) is 22.4 Å². The minimum atomic E-state index is 0.700. The van der Waals surface area contributed by atoms with E-state index in [2.05, 4.69) is 79.4 Å². The number of guanidine groups is 1. The quantitative estimate of drug-likeness (QED) is 0.340. The Labute approximate surface area is 189 Å². The fraction of sp³-hybridized carbons (Fsp3) is 0.360. The number of hydrogen-bond acceptors (Lipinski definition) is 3. The molecule has 1 fully saturated rings. The molecule has 0 bridgehead atoms. The lowest BCUT2D eigenvalue weighted by Crippen LogP contribution is -2.39. The Morgan fingerprint density at radius 3 is 2.77 bits per heavy atom. The van der Waals surface area contributed by atoms with Crippen LogP contribution in [0.4, 0.5) is 0 Å². The minimum absolute atomic E-state index is 0.700. The summed E-state index contributed by atoms with van der Waals surface area (Å²) in [6.45, 7) is 5.81. The predicted molar refractivity (Wildman–Crippen MR) is 130 cm³/mol. The molecule has 1 aromatic heterocycles. The lowest BCUT2D eigenvalue weighted by Gasteiger charge is -2.22. The van der Waals surface area contributed by atoms with Crippen molar-refractivity contribution in [3.8, 4) is 0 Å². The highest BCUT2D eigenvalue weighted by Gasteiger charge is 2.24. The molecule has 0 saturated carbocycles. The largest absolute Gasteiger partial charge is 0.352 e. The van der Waals surface area contributed by atoms with Crippen LogP contribution in [0.5, 0.6) is 0 Å². The molecule has 1 aliphatic heterocycles. The van der Waals surface area contributed by atoms with Crippen molar-refractivity contribution in [2.24, 2.45) is 10.9 Å². The van der Waals surface area contributed by atoms with E-state index in [1.807, 2.05) is 38.1 Å². The standard InChI is InChI=1S/C25H31N5S/c1-20-27-12-14-29(20)17-22-8-6-7-21(15-22)16-28-25(26-2)30-13-11-23(18-30)19-31-24-9-4-3-5-10-24/h3-10,12,14-15,23H,11,13,16-19H2,1-2H3,(H,26,28). The Kier molecular flexibility index (Phi) is 7.30. The van der Waals surface area contributed by atoms with E-state index in [4.69, 9.17) is 0 Å². The van der Waals surface area contributed by atoms with Crippen LogP contribution >= 0.6 is 11.8 Å². The zero-order valence-electron chi connectivity index (χ0n) is 18.4. The number of aliphatic imine (C=N–C) groups is 1. The summed E-state index contributed by atoms with van der Waals surface area (Å²) in [6.07, 6.45) is 5.11. The molecule has 0 spiro atoms. The molecule has 1 saturated heterocycles. The monoisotopic (exact) mass is 433 g/mol. The smallest absolute Gasteiger partial charge is 0.193 e. The summed E-state index contributed by atoms with van der Waals surface area (Å²) in [4.78, 5) is 12.6. The van der Waals surface area contributed by atoms with Crippen LogP contribution in [0, 0.1) is 12.8 Å². The van der Waals surface area contributed by atoms with Crippen molar-refractivity contribution < 1.29 is 0 Å². The predicted octanol–water partition coefficient (Wildman–Crippen LogP) is 4.43. The lowest BCUT2D eigenvalue weighted by atomic mass is 10.1. The van der Waals surface area contributed by atoms with Crippen LogP contribution in [0.25, 0.3) is 0 Å². The van der Waals surface area contributed by atoms with Crippen molar-refractivity contribution in [1.29, 1.82) is 0 Å². The molecular formula is C25H31N5S. The van der Waals surface area contributed by atoms with Crippen LogP contribution in [-0.4, -0.2) is 46.3 Å². The summed E-state index contributed by atoms with van der Waals surface area (Å²) in [5, 5.41) is 3.57. The molecule has 4 rings (SSSR count). The SMILES string of the molecule is CN=C(NCc1cccc(Cn2ccnc2C)c1)N1CCC(CSc2ccccc2)C1. The highest BCUT2D eigenvalue weighted by molar-refractivity contribution is 7.99. The zero-order chi connectivity index (χ0) is 21.5. The number of hydrogen-bond donors (Lipinski definition) is 1. The van der Waals surface area contributed by atoms with Gasteiger partial charge in [0.2, 0.25) is 0 Å². The first kappa shape index (κ1) is 21.5. The van der Waals surface area contributed by atoms with Gasteiger partial charge in [-0.1, -0.05) is 42.5 Å². The first-order chi connectivity index (χ1) is 15.2. The molecule has 2 aromatic carbocycles. The van der Waals surface area contributed by atoms with Crippen LogP contribution in [0.2, 0.25) is 0 Å². The van der Waals surface area contributed by atoms with Crippen LogP contribution < -0.4 is 5.32 Å². The van der Waals surface area contributed by atoms with Gasteiger partial charge in [-0.25, -0.2) is 4.98 Å². The van der Waals surface area contributed by atoms with Crippen molar-refractivity contribution in [3.05, 3.63) is 83.9 Å². The molecule has 6 heteroatoms. The number of aryl methyl sites for hydroxylation is 1. The number of thioether (sulfide) groups is 1. The summed E-state index contributed by atoms with van der Waals surface area (Å²) in [7, 11) is 1.88. The summed E-state index contributed by atoms with van der Waals surface area (Å²) in [5.41, 5.74) is 2.56. The van der Waals surface area contributed by atoms with Gasteiger partial charge in [0.25, 0.3) is 0 Å². The van der Waals surface area contributed by atoms with Crippen LogP contribution in [0.3, 0.4) is 0 Å². The maximum Gasteiger partial charge on any atom is 0.193 e. The first-order valence-electron chi connectivity index (χ1n) is 10.9. The van der Waals surface area contributed by atoms with E-state index < -0.39 is 0 Å². The second-order valence-electron chi connectivity index (χ2n) is 8.05. The highest BCUT2D eigenvalue weighted by atomic mass is 32.2. The van der Waals surface area contributed by atoms with Gasteiger partial charge in [-0.05, 0) is 42.5 Å². The van der Waals surface area contributed by atoms with Gasteiger partial charge in [-0.3, -0.25) is 4.99 Å².